The third-order valence-corrected chi connectivity index (χ3v) is 9.14. The van der Waals surface area contributed by atoms with Crippen molar-refractivity contribution in [2.24, 2.45) is 17.3 Å². The van der Waals surface area contributed by atoms with Gasteiger partial charge in [-0.2, -0.15) is 0 Å². The molecule has 0 aliphatic heterocycles. The molecule has 2 heterocycles. The van der Waals surface area contributed by atoms with Gasteiger partial charge in [-0.15, -0.1) is 11.3 Å². The van der Waals surface area contributed by atoms with Crippen LogP contribution in [0.25, 0.3) is 10.4 Å². The number of nitrogens with zero attached hydrogens (tertiary/aromatic N) is 3. The van der Waals surface area contributed by atoms with E-state index in [-0.39, 0.29) is 5.92 Å². The van der Waals surface area contributed by atoms with Gasteiger partial charge < -0.3 is 20.6 Å². The van der Waals surface area contributed by atoms with Crippen molar-refractivity contribution in [3.8, 4) is 10.4 Å². The van der Waals surface area contributed by atoms with Crippen LogP contribution in [0.15, 0.2) is 36.7 Å². The van der Waals surface area contributed by atoms with E-state index in [0.29, 0.717) is 35.9 Å². The van der Waals surface area contributed by atoms with E-state index in [1.54, 1.807) is 18.5 Å². The molecule has 37 heavy (non-hydrogen) atoms. The van der Waals surface area contributed by atoms with Crippen LogP contribution < -0.4 is 5.32 Å². The minimum atomic E-state index is -1.14. The van der Waals surface area contributed by atoms with Gasteiger partial charge in [0.25, 0.3) is 0 Å². The normalized spacial score (nSPS) is 24.9. The van der Waals surface area contributed by atoms with Crippen molar-refractivity contribution in [2.45, 2.75) is 71.0 Å². The number of thiazole rings is 1. The number of aliphatic carboxylic acids is 1. The summed E-state index contributed by atoms with van der Waals surface area (Å²) in [5.41, 5.74) is 0.776. The smallest absolute Gasteiger partial charge is 0.307 e. The summed E-state index contributed by atoms with van der Waals surface area (Å²) in [4.78, 5) is 26.1. The maximum atomic E-state index is 11.7. The van der Waals surface area contributed by atoms with Crippen LogP contribution in [0.5, 0.6) is 0 Å². The molecule has 2 aliphatic rings. The van der Waals surface area contributed by atoms with Gasteiger partial charge in [-0.1, -0.05) is 19.9 Å². The second kappa shape index (κ2) is 9.15. The van der Waals surface area contributed by atoms with Gasteiger partial charge in [0.15, 0.2) is 0 Å². The Bertz CT molecular complexity index is 1330. The first kappa shape index (κ1) is 25.8. The summed E-state index contributed by atoms with van der Waals surface area (Å²) in [6, 6.07) is 7.82. The maximum Gasteiger partial charge on any atom is 0.307 e. The average molecular weight is 523 g/mol. The molecule has 3 aromatic rings. The topological polar surface area (TPSA) is 128 Å². The SMILES string of the molecule is Cc1cc(Nc2nccc([C@](C)(O)C3CC3)n2)cc(-c2cnc([C@@]3(O)CC[C@H](C(=O)O)C(C)(C)C3)s2)c1. The number of aliphatic hydroxyl groups is 2. The Kier molecular flexibility index (Phi) is 6.37. The second-order valence-electron chi connectivity index (χ2n) is 11.6. The van der Waals surface area contributed by atoms with Crippen molar-refractivity contribution in [3.05, 3.63) is 52.9 Å². The number of hydrogen-bond acceptors (Lipinski definition) is 8. The predicted octanol–water partition coefficient (Wildman–Crippen LogP) is 5.37. The Labute approximate surface area is 220 Å². The van der Waals surface area contributed by atoms with Crippen molar-refractivity contribution in [1.82, 2.24) is 15.0 Å². The summed E-state index contributed by atoms with van der Waals surface area (Å²) < 4.78 is 0. The zero-order chi connectivity index (χ0) is 26.6. The summed E-state index contributed by atoms with van der Waals surface area (Å²) in [6.45, 7) is 7.63. The van der Waals surface area contributed by atoms with Crippen molar-refractivity contribution in [1.29, 1.82) is 0 Å². The number of carboxylic acids is 1. The highest BCUT2D eigenvalue weighted by atomic mass is 32.1. The average Bonchev–Trinajstić information content (AvgIpc) is 3.55. The first-order chi connectivity index (χ1) is 17.4. The number of benzene rings is 1. The Morgan fingerprint density at radius 2 is 1.95 bits per heavy atom. The lowest BCUT2D eigenvalue weighted by Gasteiger charge is -2.44. The molecule has 0 spiro atoms. The molecule has 2 aliphatic carbocycles. The number of nitrogens with one attached hydrogen (secondary N) is 1. The third kappa shape index (κ3) is 5.12. The molecule has 5 rings (SSSR count). The first-order valence-corrected chi connectivity index (χ1v) is 13.6. The minimum Gasteiger partial charge on any atom is -0.481 e. The first-order valence-electron chi connectivity index (χ1n) is 12.7. The van der Waals surface area contributed by atoms with Gasteiger partial charge in [-0.25, -0.2) is 15.0 Å². The van der Waals surface area contributed by atoms with E-state index in [1.807, 2.05) is 39.8 Å². The summed E-state index contributed by atoms with van der Waals surface area (Å²) in [6.07, 6.45) is 6.59. The van der Waals surface area contributed by atoms with Crippen LogP contribution >= 0.6 is 11.3 Å². The van der Waals surface area contributed by atoms with E-state index in [2.05, 4.69) is 26.3 Å². The van der Waals surface area contributed by atoms with Crippen LogP contribution in [-0.4, -0.2) is 36.2 Å². The molecule has 9 heteroatoms. The number of hydrogen-bond donors (Lipinski definition) is 4. The van der Waals surface area contributed by atoms with Crippen molar-refractivity contribution < 1.29 is 20.1 Å². The summed E-state index contributed by atoms with van der Waals surface area (Å²) >= 11 is 1.44. The van der Waals surface area contributed by atoms with Crippen LogP contribution in [0.3, 0.4) is 0 Å². The highest BCUT2D eigenvalue weighted by Gasteiger charge is 2.49. The second-order valence-corrected chi connectivity index (χ2v) is 12.6. The molecular weight excluding hydrogens is 488 g/mol. The fourth-order valence-corrected chi connectivity index (χ4v) is 6.70. The van der Waals surface area contributed by atoms with E-state index >= 15 is 0 Å². The quantitative estimate of drug-likeness (QED) is 0.326. The molecular formula is C28H34N4O4S. The molecule has 2 fully saturated rings. The van der Waals surface area contributed by atoms with Gasteiger partial charge in [-0.05, 0) is 86.6 Å². The summed E-state index contributed by atoms with van der Waals surface area (Å²) in [5, 5.41) is 35.8. The molecule has 0 saturated heterocycles. The third-order valence-electron chi connectivity index (χ3n) is 7.90. The van der Waals surface area contributed by atoms with E-state index in [9.17, 15) is 20.1 Å². The van der Waals surface area contributed by atoms with Crippen LogP contribution in [0.2, 0.25) is 0 Å². The molecule has 1 aromatic carbocycles. The van der Waals surface area contributed by atoms with E-state index in [1.165, 1.54) is 11.3 Å². The number of anilines is 2. The van der Waals surface area contributed by atoms with Gasteiger partial charge in [0.05, 0.1) is 16.5 Å². The van der Waals surface area contributed by atoms with E-state index in [4.69, 9.17) is 0 Å². The Balaban J connectivity index is 1.38. The van der Waals surface area contributed by atoms with Crippen molar-refractivity contribution in [3.63, 3.8) is 0 Å². The molecule has 2 aromatic heterocycles. The predicted molar refractivity (Wildman–Crippen MR) is 143 cm³/mol. The largest absolute Gasteiger partial charge is 0.481 e. The fraction of sp³-hybridized carbons (Fsp3) is 0.500. The Hall–Kier alpha value is -2.88. The number of carboxylic acid groups (broad SMARTS) is 1. The molecule has 0 unspecified atom stereocenters. The highest BCUT2D eigenvalue weighted by Crippen LogP contribution is 2.51. The van der Waals surface area contributed by atoms with Gasteiger partial charge >= 0.3 is 5.97 Å². The molecule has 2 saturated carbocycles. The lowest BCUT2D eigenvalue weighted by Crippen LogP contribution is -2.44. The van der Waals surface area contributed by atoms with Gasteiger partial charge in [-0.3, -0.25) is 4.79 Å². The van der Waals surface area contributed by atoms with Crippen LogP contribution in [0.4, 0.5) is 11.6 Å². The van der Waals surface area contributed by atoms with Gasteiger partial charge in [0, 0.05) is 18.1 Å². The molecule has 3 atom stereocenters. The molecule has 4 N–H and O–H groups in total. The lowest BCUT2D eigenvalue weighted by molar-refractivity contribution is -0.154. The molecule has 8 nitrogen and oxygen atoms in total. The highest BCUT2D eigenvalue weighted by molar-refractivity contribution is 7.15. The standard InChI is InChI=1S/C28H34N4O4S/c1-16-11-17(13-19(12-16)31-25-29-10-8-22(32-25)27(4,35)18-5-6-18)21-14-30-24(37-21)28(36)9-7-20(23(33)34)26(2,3)15-28/h8,10-14,18,20,35-36H,5-7,9,15H2,1-4H3,(H,33,34)(H,29,31,32)/t20-,27-,28-/m1/s1. The minimum absolute atomic E-state index is 0.237. The van der Waals surface area contributed by atoms with Gasteiger partial charge in [0.2, 0.25) is 5.95 Å². The number of aromatic nitrogens is 3. The number of aryl methyl sites for hydroxylation is 1. The molecule has 0 bridgehead atoms. The monoisotopic (exact) mass is 522 g/mol. The number of rotatable bonds is 7. The molecule has 196 valence electrons. The van der Waals surface area contributed by atoms with Crippen molar-refractivity contribution >= 4 is 28.9 Å². The maximum absolute atomic E-state index is 11.7. The number of carbonyl (C=O) groups is 1. The molecule has 0 radical (unpaired) electrons. The summed E-state index contributed by atoms with van der Waals surface area (Å²) in [7, 11) is 0. The zero-order valence-corrected chi connectivity index (χ0v) is 22.5. The lowest BCUT2D eigenvalue weighted by atomic mass is 9.63. The van der Waals surface area contributed by atoms with Crippen LogP contribution in [0, 0.1) is 24.2 Å². The van der Waals surface area contributed by atoms with Gasteiger partial charge in [0.1, 0.15) is 16.2 Å². The fourth-order valence-electron chi connectivity index (χ4n) is 5.68. The Morgan fingerprint density at radius 3 is 2.62 bits per heavy atom. The van der Waals surface area contributed by atoms with Crippen LogP contribution in [-0.2, 0) is 16.0 Å². The van der Waals surface area contributed by atoms with E-state index < -0.39 is 28.5 Å². The van der Waals surface area contributed by atoms with E-state index in [0.717, 1.165) is 34.5 Å². The Morgan fingerprint density at radius 1 is 1.19 bits per heavy atom. The zero-order valence-electron chi connectivity index (χ0n) is 21.7. The summed E-state index contributed by atoms with van der Waals surface area (Å²) in [5.74, 6) is -0.628. The van der Waals surface area contributed by atoms with Crippen LogP contribution in [0.1, 0.15) is 69.1 Å². The molecule has 0 amide bonds. The van der Waals surface area contributed by atoms with Crippen molar-refractivity contribution in [2.75, 3.05) is 5.32 Å².